The fourth-order valence-corrected chi connectivity index (χ4v) is 3.31. The highest BCUT2D eigenvalue weighted by molar-refractivity contribution is 5.91. The van der Waals surface area contributed by atoms with Gasteiger partial charge in [0.2, 0.25) is 0 Å². The third-order valence-electron chi connectivity index (χ3n) is 4.45. The molecule has 0 fully saturated rings. The predicted molar refractivity (Wildman–Crippen MR) is 110 cm³/mol. The number of carboxylic acids is 1. The Kier molecular flexibility index (Phi) is 5.27. The molecule has 5 nitrogen and oxygen atoms in total. The number of rotatable bonds is 4. The first kappa shape index (κ1) is 19.3. The highest BCUT2D eigenvalue weighted by Crippen LogP contribution is 2.36. The Morgan fingerprint density at radius 1 is 0.821 bits per heavy atom. The Balaban J connectivity index is 2.11. The maximum absolute atomic E-state index is 11.2. The molecule has 0 amide bonds. The van der Waals surface area contributed by atoms with Crippen LogP contribution in [-0.2, 0) is 0 Å². The van der Waals surface area contributed by atoms with Crippen molar-refractivity contribution in [2.75, 3.05) is 0 Å². The quantitative estimate of drug-likeness (QED) is 0.518. The number of phenols is 1. The molecule has 28 heavy (non-hydrogen) atoms. The third kappa shape index (κ3) is 4.09. The first-order valence-corrected chi connectivity index (χ1v) is 8.92. The van der Waals surface area contributed by atoms with Crippen LogP contribution in [0.4, 0.5) is 11.4 Å². The molecule has 142 valence electrons. The number of aryl methyl sites for hydroxylation is 4. The number of azo groups is 1. The fraction of sp³-hybridized carbons (Fsp3) is 0.174. The lowest BCUT2D eigenvalue weighted by Gasteiger charge is -2.12. The van der Waals surface area contributed by atoms with Crippen molar-refractivity contribution in [1.29, 1.82) is 0 Å². The number of benzene rings is 3. The summed E-state index contributed by atoms with van der Waals surface area (Å²) in [5.41, 5.74) is 7.39. The number of hydrogen-bond acceptors (Lipinski definition) is 4. The highest BCUT2D eigenvalue weighted by atomic mass is 16.4. The Morgan fingerprint density at radius 3 is 2.11 bits per heavy atom. The van der Waals surface area contributed by atoms with E-state index in [1.165, 1.54) is 29.3 Å². The molecular formula is C23H22N2O3. The predicted octanol–water partition coefficient (Wildman–Crippen LogP) is 6.41. The fourth-order valence-electron chi connectivity index (χ4n) is 3.31. The van der Waals surface area contributed by atoms with Gasteiger partial charge < -0.3 is 10.2 Å². The van der Waals surface area contributed by atoms with Gasteiger partial charge in [0.1, 0.15) is 11.3 Å². The van der Waals surface area contributed by atoms with Crippen molar-refractivity contribution in [3.8, 4) is 16.9 Å². The van der Waals surface area contributed by atoms with Crippen LogP contribution in [0.15, 0.2) is 58.8 Å². The minimum absolute atomic E-state index is 0.202. The van der Waals surface area contributed by atoms with E-state index in [0.29, 0.717) is 5.69 Å². The molecule has 3 aromatic rings. The molecule has 0 heterocycles. The summed E-state index contributed by atoms with van der Waals surface area (Å²) in [6.45, 7) is 8.14. The monoisotopic (exact) mass is 374 g/mol. The number of hydrogen-bond donors (Lipinski definition) is 2. The van der Waals surface area contributed by atoms with Crippen molar-refractivity contribution in [1.82, 2.24) is 0 Å². The molecule has 0 bridgehead atoms. The molecule has 5 heteroatoms. The van der Waals surface area contributed by atoms with Crippen LogP contribution >= 0.6 is 0 Å². The van der Waals surface area contributed by atoms with Crippen LogP contribution in [0.5, 0.6) is 5.75 Å². The Bertz CT molecular complexity index is 1080. The third-order valence-corrected chi connectivity index (χ3v) is 4.45. The Hall–Kier alpha value is -3.47. The number of nitrogens with zero attached hydrogens (tertiary/aromatic N) is 2. The van der Waals surface area contributed by atoms with Crippen LogP contribution in [0, 0.1) is 27.7 Å². The maximum Gasteiger partial charge on any atom is 0.339 e. The van der Waals surface area contributed by atoms with Crippen molar-refractivity contribution in [2.45, 2.75) is 27.7 Å². The van der Waals surface area contributed by atoms with Gasteiger partial charge in [-0.2, -0.15) is 5.11 Å². The van der Waals surface area contributed by atoms with Gasteiger partial charge in [0.05, 0.1) is 11.4 Å². The van der Waals surface area contributed by atoms with Gasteiger partial charge in [0, 0.05) is 5.56 Å². The lowest BCUT2D eigenvalue weighted by atomic mass is 9.95. The summed E-state index contributed by atoms with van der Waals surface area (Å²) < 4.78 is 0. The van der Waals surface area contributed by atoms with Gasteiger partial charge in [-0.1, -0.05) is 41.0 Å². The molecule has 0 aliphatic heterocycles. The smallest absolute Gasteiger partial charge is 0.339 e. The van der Waals surface area contributed by atoms with Gasteiger partial charge >= 0.3 is 5.97 Å². The molecule has 3 rings (SSSR count). The molecule has 0 radical (unpaired) electrons. The summed E-state index contributed by atoms with van der Waals surface area (Å²) >= 11 is 0. The van der Waals surface area contributed by atoms with E-state index in [1.807, 2.05) is 19.9 Å². The lowest BCUT2D eigenvalue weighted by Crippen LogP contribution is -1.95. The Morgan fingerprint density at radius 2 is 1.46 bits per heavy atom. The zero-order valence-corrected chi connectivity index (χ0v) is 16.3. The number of aromatic carboxylic acids is 1. The van der Waals surface area contributed by atoms with Gasteiger partial charge in [0.25, 0.3) is 0 Å². The van der Waals surface area contributed by atoms with Crippen LogP contribution < -0.4 is 0 Å². The van der Waals surface area contributed by atoms with Crippen molar-refractivity contribution in [2.24, 2.45) is 10.2 Å². The second-order valence-electron chi connectivity index (χ2n) is 7.06. The van der Waals surface area contributed by atoms with E-state index >= 15 is 0 Å². The average Bonchev–Trinajstić information content (AvgIpc) is 2.60. The zero-order valence-electron chi connectivity index (χ0n) is 16.3. The number of aromatic hydroxyl groups is 1. The molecular weight excluding hydrogens is 352 g/mol. The molecule has 0 saturated carbocycles. The molecule has 3 aromatic carbocycles. The van der Waals surface area contributed by atoms with Gasteiger partial charge in [-0.25, -0.2) is 4.79 Å². The molecule has 0 spiro atoms. The van der Waals surface area contributed by atoms with E-state index in [1.54, 1.807) is 0 Å². The minimum Gasteiger partial charge on any atom is -0.507 e. The second kappa shape index (κ2) is 7.64. The molecule has 0 aromatic heterocycles. The maximum atomic E-state index is 11.2. The standard InChI is InChI=1S/C23H22N2O3/c1-13-7-14(2)10-17(9-13)19-11-15(3)8-16(4)22(19)25-24-18-5-6-21(26)20(12-18)23(27)28/h5-12,26H,1-4H3,(H,27,28)/b25-24+. The van der Waals surface area contributed by atoms with E-state index in [4.69, 9.17) is 5.11 Å². The summed E-state index contributed by atoms with van der Waals surface area (Å²) in [7, 11) is 0. The van der Waals surface area contributed by atoms with E-state index in [-0.39, 0.29) is 11.3 Å². The summed E-state index contributed by atoms with van der Waals surface area (Å²) in [5, 5.41) is 27.5. The largest absolute Gasteiger partial charge is 0.507 e. The van der Waals surface area contributed by atoms with E-state index < -0.39 is 5.97 Å². The minimum atomic E-state index is -1.21. The average molecular weight is 374 g/mol. The molecule has 0 atom stereocenters. The molecule has 2 N–H and O–H groups in total. The van der Waals surface area contributed by atoms with Crippen LogP contribution in [0.1, 0.15) is 32.6 Å². The van der Waals surface area contributed by atoms with Crippen molar-refractivity contribution in [3.05, 3.63) is 76.3 Å². The SMILES string of the molecule is Cc1cc(C)cc(-c2cc(C)cc(C)c2/N=N/c2ccc(O)c(C(=O)O)c2)c1. The molecule has 0 saturated heterocycles. The lowest BCUT2D eigenvalue weighted by molar-refractivity contribution is 0.0694. The summed E-state index contributed by atoms with van der Waals surface area (Å²) in [6, 6.07) is 14.6. The second-order valence-corrected chi connectivity index (χ2v) is 7.06. The molecule has 0 aliphatic carbocycles. The van der Waals surface area contributed by atoms with E-state index in [9.17, 15) is 9.90 Å². The summed E-state index contributed by atoms with van der Waals surface area (Å²) in [5.74, 6) is -1.51. The van der Waals surface area contributed by atoms with Crippen LogP contribution in [0.25, 0.3) is 11.1 Å². The van der Waals surface area contributed by atoms with Gasteiger partial charge in [-0.3, -0.25) is 0 Å². The summed E-state index contributed by atoms with van der Waals surface area (Å²) in [6.07, 6.45) is 0. The van der Waals surface area contributed by atoms with Gasteiger partial charge in [-0.15, -0.1) is 5.11 Å². The van der Waals surface area contributed by atoms with E-state index in [0.717, 1.165) is 27.9 Å². The topological polar surface area (TPSA) is 82.2 Å². The van der Waals surface area contributed by atoms with Crippen molar-refractivity contribution < 1.29 is 15.0 Å². The highest BCUT2D eigenvalue weighted by Gasteiger charge is 2.12. The Labute approximate surface area is 164 Å². The van der Waals surface area contributed by atoms with Crippen LogP contribution in [-0.4, -0.2) is 16.2 Å². The van der Waals surface area contributed by atoms with Gasteiger partial charge in [-0.05, 0) is 63.1 Å². The normalized spacial score (nSPS) is 11.1. The number of carbonyl (C=O) groups is 1. The molecule has 0 aliphatic rings. The molecule has 0 unspecified atom stereocenters. The first-order valence-electron chi connectivity index (χ1n) is 8.92. The summed E-state index contributed by atoms with van der Waals surface area (Å²) in [4.78, 5) is 11.2. The van der Waals surface area contributed by atoms with E-state index in [2.05, 4.69) is 48.3 Å². The number of carboxylic acid groups (broad SMARTS) is 1. The van der Waals surface area contributed by atoms with Crippen molar-refractivity contribution in [3.63, 3.8) is 0 Å². The van der Waals surface area contributed by atoms with Crippen LogP contribution in [0.2, 0.25) is 0 Å². The van der Waals surface area contributed by atoms with Crippen LogP contribution in [0.3, 0.4) is 0 Å². The first-order chi connectivity index (χ1) is 13.2. The van der Waals surface area contributed by atoms with Gasteiger partial charge in [0.15, 0.2) is 0 Å². The van der Waals surface area contributed by atoms with Crippen molar-refractivity contribution >= 4 is 17.3 Å². The zero-order chi connectivity index (χ0) is 20.4.